The van der Waals surface area contributed by atoms with Gasteiger partial charge in [0, 0.05) is 31.4 Å². The molecule has 158 valence electrons. The van der Waals surface area contributed by atoms with Crippen molar-refractivity contribution in [3.8, 4) is 11.3 Å². The van der Waals surface area contributed by atoms with E-state index in [0.717, 1.165) is 31.2 Å². The lowest BCUT2D eigenvalue weighted by molar-refractivity contribution is -0.122. The summed E-state index contributed by atoms with van der Waals surface area (Å²) in [6.07, 6.45) is 6.85. The number of nitrogens with zero attached hydrogens (tertiary/aromatic N) is 2. The Morgan fingerprint density at radius 1 is 1.10 bits per heavy atom. The van der Waals surface area contributed by atoms with Gasteiger partial charge in [-0.1, -0.05) is 50.1 Å². The van der Waals surface area contributed by atoms with E-state index in [1.54, 1.807) is 6.20 Å². The number of hydrogen-bond donors (Lipinski definition) is 1. The number of oxazole rings is 1. The second kappa shape index (κ2) is 12.2. The summed E-state index contributed by atoms with van der Waals surface area (Å²) in [5.41, 5.74) is 0.960. The van der Waals surface area contributed by atoms with Gasteiger partial charge in [-0.2, -0.15) is 0 Å². The number of carbonyl (C=O) groups is 2. The number of benzene rings is 1. The molecule has 0 aliphatic heterocycles. The van der Waals surface area contributed by atoms with Crippen molar-refractivity contribution in [2.24, 2.45) is 0 Å². The number of hydrogen-bond acceptors (Lipinski definition) is 5. The van der Waals surface area contributed by atoms with Gasteiger partial charge in [0.25, 0.3) is 0 Å². The molecule has 1 heterocycles. The zero-order valence-electron chi connectivity index (χ0n) is 17.8. The zero-order valence-corrected chi connectivity index (χ0v) is 17.8. The van der Waals surface area contributed by atoms with Crippen LogP contribution in [0.1, 0.15) is 63.8 Å². The summed E-state index contributed by atoms with van der Waals surface area (Å²) >= 11 is 0. The highest BCUT2D eigenvalue weighted by Gasteiger charge is 2.20. The van der Waals surface area contributed by atoms with Gasteiger partial charge >= 0.3 is 0 Å². The lowest BCUT2D eigenvalue weighted by Crippen LogP contribution is -2.31. The number of rotatable bonds is 13. The van der Waals surface area contributed by atoms with Gasteiger partial charge in [0.1, 0.15) is 11.8 Å². The molecule has 2 rings (SSSR count). The summed E-state index contributed by atoms with van der Waals surface area (Å²) in [6.45, 7) is 2.59. The van der Waals surface area contributed by atoms with Crippen LogP contribution in [0.15, 0.2) is 40.9 Å². The van der Waals surface area contributed by atoms with Gasteiger partial charge in [0.2, 0.25) is 11.8 Å². The highest BCUT2D eigenvalue weighted by Crippen LogP contribution is 2.26. The van der Waals surface area contributed by atoms with Crippen LogP contribution in [0.25, 0.3) is 11.3 Å². The van der Waals surface area contributed by atoms with E-state index in [4.69, 9.17) is 4.42 Å². The van der Waals surface area contributed by atoms with Gasteiger partial charge in [-0.05, 0) is 26.9 Å². The van der Waals surface area contributed by atoms with Gasteiger partial charge in [-0.15, -0.1) is 0 Å². The van der Waals surface area contributed by atoms with E-state index >= 15 is 0 Å². The predicted molar refractivity (Wildman–Crippen MR) is 114 cm³/mol. The fraction of sp³-hybridized carbons (Fsp3) is 0.522. The number of carbonyl (C=O) groups excluding carboxylic acids is 2. The van der Waals surface area contributed by atoms with Crippen LogP contribution in [0.3, 0.4) is 0 Å². The largest absolute Gasteiger partial charge is 0.438 e. The zero-order chi connectivity index (χ0) is 21.1. The van der Waals surface area contributed by atoms with Crippen molar-refractivity contribution in [3.05, 3.63) is 42.4 Å². The SMILES string of the molecule is CCC(=O)CCCCCC(NC(=O)CCN(C)C)c1ncc(-c2ccccc2)o1. The summed E-state index contributed by atoms with van der Waals surface area (Å²) in [5, 5.41) is 3.08. The molecule has 1 atom stereocenters. The maximum Gasteiger partial charge on any atom is 0.221 e. The van der Waals surface area contributed by atoms with Crippen molar-refractivity contribution >= 4 is 11.7 Å². The van der Waals surface area contributed by atoms with Gasteiger partial charge in [0.05, 0.1) is 6.20 Å². The van der Waals surface area contributed by atoms with Crippen LogP contribution < -0.4 is 5.32 Å². The Bertz CT molecular complexity index is 756. The third kappa shape index (κ3) is 8.20. The summed E-state index contributed by atoms with van der Waals surface area (Å²) in [5.74, 6) is 1.52. The Kier molecular flexibility index (Phi) is 9.57. The van der Waals surface area contributed by atoms with Crippen molar-refractivity contribution in [1.82, 2.24) is 15.2 Å². The molecule has 0 radical (unpaired) electrons. The van der Waals surface area contributed by atoms with Gasteiger partial charge in [-0.25, -0.2) is 4.98 Å². The van der Waals surface area contributed by atoms with E-state index in [9.17, 15) is 9.59 Å². The van der Waals surface area contributed by atoms with Crippen molar-refractivity contribution < 1.29 is 14.0 Å². The molecule has 0 aliphatic rings. The standard InChI is InChI=1S/C23H33N3O3/c1-4-19(27)13-9-6-10-14-20(25-22(28)15-16-26(2)3)23-24-17-21(29-23)18-11-7-5-8-12-18/h5,7-8,11-12,17,20H,4,6,9-10,13-16H2,1-3H3,(H,25,28). The molecule has 0 saturated heterocycles. The molecule has 1 amide bonds. The van der Waals surface area contributed by atoms with E-state index in [1.807, 2.05) is 56.3 Å². The number of aromatic nitrogens is 1. The molecule has 6 heteroatoms. The Morgan fingerprint density at radius 2 is 1.86 bits per heavy atom. The van der Waals surface area contributed by atoms with E-state index < -0.39 is 0 Å². The normalized spacial score (nSPS) is 12.1. The Labute approximate surface area is 173 Å². The minimum atomic E-state index is -0.260. The lowest BCUT2D eigenvalue weighted by Gasteiger charge is -2.17. The highest BCUT2D eigenvalue weighted by atomic mass is 16.4. The monoisotopic (exact) mass is 399 g/mol. The molecule has 1 N–H and O–H groups in total. The van der Waals surface area contributed by atoms with Crippen molar-refractivity contribution in [3.63, 3.8) is 0 Å². The van der Waals surface area contributed by atoms with E-state index in [2.05, 4.69) is 10.3 Å². The molecule has 0 saturated carbocycles. The van der Waals surface area contributed by atoms with Crippen molar-refractivity contribution in [2.75, 3.05) is 20.6 Å². The molecule has 29 heavy (non-hydrogen) atoms. The molecule has 6 nitrogen and oxygen atoms in total. The van der Waals surface area contributed by atoms with E-state index in [0.29, 0.717) is 43.2 Å². The van der Waals surface area contributed by atoms with Crippen LogP contribution in [-0.4, -0.2) is 42.2 Å². The van der Waals surface area contributed by atoms with Crippen LogP contribution in [0.5, 0.6) is 0 Å². The van der Waals surface area contributed by atoms with E-state index in [1.165, 1.54) is 0 Å². The fourth-order valence-electron chi connectivity index (χ4n) is 3.06. The van der Waals surface area contributed by atoms with Crippen molar-refractivity contribution in [1.29, 1.82) is 0 Å². The molecule has 0 spiro atoms. The summed E-state index contributed by atoms with van der Waals surface area (Å²) < 4.78 is 5.98. The maximum atomic E-state index is 12.4. The summed E-state index contributed by atoms with van der Waals surface area (Å²) in [4.78, 5) is 30.2. The van der Waals surface area contributed by atoms with Crippen molar-refractivity contribution in [2.45, 2.75) is 57.9 Å². The third-order valence-corrected chi connectivity index (χ3v) is 4.84. The fourth-order valence-corrected chi connectivity index (χ4v) is 3.06. The van der Waals surface area contributed by atoms with Gasteiger partial charge < -0.3 is 14.6 Å². The molecular weight excluding hydrogens is 366 g/mol. The van der Waals surface area contributed by atoms with Crippen LogP contribution in [0.2, 0.25) is 0 Å². The van der Waals surface area contributed by atoms with Crippen LogP contribution in [-0.2, 0) is 9.59 Å². The molecule has 2 aromatic rings. The second-order valence-corrected chi connectivity index (χ2v) is 7.59. The topological polar surface area (TPSA) is 75.4 Å². The lowest BCUT2D eigenvalue weighted by atomic mass is 10.0. The van der Waals surface area contributed by atoms with Crippen LogP contribution in [0.4, 0.5) is 0 Å². The molecule has 1 aromatic carbocycles. The average molecular weight is 400 g/mol. The summed E-state index contributed by atoms with van der Waals surface area (Å²) in [7, 11) is 3.89. The number of nitrogens with one attached hydrogen (secondary N) is 1. The quantitative estimate of drug-likeness (QED) is 0.506. The molecular formula is C23H33N3O3. The Hall–Kier alpha value is -2.47. The molecule has 1 aromatic heterocycles. The first kappa shape index (κ1) is 22.8. The first-order chi connectivity index (χ1) is 14.0. The first-order valence-corrected chi connectivity index (χ1v) is 10.5. The minimum absolute atomic E-state index is 0.00989. The third-order valence-electron chi connectivity index (χ3n) is 4.84. The number of amides is 1. The Balaban J connectivity index is 1.99. The number of Topliss-reactive ketones (excluding diaryl/α,β-unsaturated/α-hetero) is 1. The molecule has 0 fully saturated rings. The molecule has 0 bridgehead atoms. The van der Waals surface area contributed by atoms with Gasteiger partial charge in [0.15, 0.2) is 5.76 Å². The smallest absolute Gasteiger partial charge is 0.221 e. The Morgan fingerprint density at radius 3 is 2.55 bits per heavy atom. The van der Waals surface area contributed by atoms with Crippen LogP contribution >= 0.6 is 0 Å². The average Bonchev–Trinajstić information content (AvgIpc) is 3.21. The highest BCUT2D eigenvalue weighted by molar-refractivity contribution is 5.78. The summed E-state index contributed by atoms with van der Waals surface area (Å²) in [6, 6.07) is 9.55. The second-order valence-electron chi connectivity index (χ2n) is 7.59. The number of ketones is 1. The molecule has 0 aliphatic carbocycles. The predicted octanol–water partition coefficient (Wildman–Crippen LogP) is 4.38. The first-order valence-electron chi connectivity index (χ1n) is 10.5. The minimum Gasteiger partial charge on any atom is -0.438 e. The van der Waals surface area contributed by atoms with E-state index in [-0.39, 0.29) is 11.9 Å². The number of unbranched alkanes of at least 4 members (excludes halogenated alkanes) is 2. The van der Waals surface area contributed by atoms with Crippen LogP contribution in [0, 0.1) is 0 Å². The molecule has 1 unspecified atom stereocenters. The van der Waals surface area contributed by atoms with Gasteiger partial charge in [-0.3, -0.25) is 9.59 Å². The maximum absolute atomic E-state index is 12.4.